The standard InChI is InChI=1S/C17H18O2/c1-2-19-17(18)16(15-11-7-4-8-12-15)13-14-9-5-3-6-10-14/h3-12,16H,2,13H2,1H3. The van der Waals surface area contributed by atoms with Gasteiger partial charge in [0.2, 0.25) is 0 Å². The van der Waals surface area contributed by atoms with Crippen LogP contribution in [0.25, 0.3) is 0 Å². The predicted octanol–water partition coefficient (Wildman–Crippen LogP) is 3.58. The van der Waals surface area contributed by atoms with E-state index < -0.39 is 0 Å². The summed E-state index contributed by atoms with van der Waals surface area (Å²) in [5.41, 5.74) is 2.15. The van der Waals surface area contributed by atoms with Gasteiger partial charge in [0.1, 0.15) is 0 Å². The number of carbonyl (C=O) groups is 1. The van der Waals surface area contributed by atoms with Gasteiger partial charge in [-0.3, -0.25) is 4.79 Å². The maximum absolute atomic E-state index is 12.1. The first-order valence-corrected chi connectivity index (χ1v) is 6.56. The van der Waals surface area contributed by atoms with Crippen molar-refractivity contribution in [1.82, 2.24) is 0 Å². The van der Waals surface area contributed by atoms with Gasteiger partial charge in [-0.2, -0.15) is 0 Å². The monoisotopic (exact) mass is 254 g/mol. The SMILES string of the molecule is CCOC(=O)C(Cc1ccccc1)c1ccccc1. The van der Waals surface area contributed by atoms with Crippen LogP contribution in [0.1, 0.15) is 24.0 Å². The molecule has 0 saturated carbocycles. The van der Waals surface area contributed by atoms with Gasteiger partial charge in [0.05, 0.1) is 12.5 Å². The normalized spacial score (nSPS) is 11.8. The van der Waals surface area contributed by atoms with Gasteiger partial charge in [-0.15, -0.1) is 0 Å². The van der Waals surface area contributed by atoms with E-state index in [0.717, 1.165) is 11.1 Å². The van der Waals surface area contributed by atoms with Gasteiger partial charge in [-0.25, -0.2) is 0 Å². The van der Waals surface area contributed by atoms with Crippen LogP contribution >= 0.6 is 0 Å². The number of benzene rings is 2. The highest BCUT2D eigenvalue weighted by Crippen LogP contribution is 2.22. The lowest BCUT2D eigenvalue weighted by Gasteiger charge is -2.16. The van der Waals surface area contributed by atoms with Gasteiger partial charge in [-0.05, 0) is 24.5 Å². The van der Waals surface area contributed by atoms with E-state index in [1.54, 1.807) is 0 Å². The average molecular weight is 254 g/mol. The molecule has 0 aliphatic heterocycles. The highest BCUT2D eigenvalue weighted by atomic mass is 16.5. The predicted molar refractivity (Wildman–Crippen MR) is 76.0 cm³/mol. The molecule has 1 unspecified atom stereocenters. The van der Waals surface area contributed by atoms with E-state index in [0.29, 0.717) is 13.0 Å². The van der Waals surface area contributed by atoms with Crippen molar-refractivity contribution in [2.75, 3.05) is 6.61 Å². The summed E-state index contributed by atoms with van der Waals surface area (Å²) in [6.45, 7) is 2.25. The van der Waals surface area contributed by atoms with Gasteiger partial charge >= 0.3 is 5.97 Å². The van der Waals surface area contributed by atoms with Crippen LogP contribution in [0, 0.1) is 0 Å². The van der Waals surface area contributed by atoms with E-state index in [1.165, 1.54) is 0 Å². The van der Waals surface area contributed by atoms with Crippen LogP contribution in [0.5, 0.6) is 0 Å². The molecule has 2 rings (SSSR count). The largest absolute Gasteiger partial charge is 0.466 e. The fourth-order valence-electron chi connectivity index (χ4n) is 2.12. The molecular weight excluding hydrogens is 236 g/mol. The highest BCUT2D eigenvalue weighted by Gasteiger charge is 2.21. The lowest BCUT2D eigenvalue weighted by molar-refractivity contribution is -0.144. The Balaban J connectivity index is 2.22. The summed E-state index contributed by atoms with van der Waals surface area (Å²) in [6.07, 6.45) is 0.670. The van der Waals surface area contributed by atoms with Crippen molar-refractivity contribution in [3.8, 4) is 0 Å². The summed E-state index contributed by atoms with van der Waals surface area (Å²) in [5.74, 6) is -0.388. The average Bonchev–Trinajstić information content (AvgIpc) is 2.47. The Kier molecular flexibility index (Phi) is 4.73. The minimum absolute atomic E-state index is 0.155. The van der Waals surface area contributed by atoms with Crippen molar-refractivity contribution in [2.24, 2.45) is 0 Å². The molecule has 0 radical (unpaired) electrons. The van der Waals surface area contributed by atoms with Crippen molar-refractivity contribution in [2.45, 2.75) is 19.3 Å². The van der Waals surface area contributed by atoms with Crippen LogP contribution in [0.2, 0.25) is 0 Å². The maximum Gasteiger partial charge on any atom is 0.313 e. The Morgan fingerprint density at radius 1 is 1.00 bits per heavy atom. The highest BCUT2D eigenvalue weighted by molar-refractivity contribution is 5.78. The number of ether oxygens (including phenoxy) is 1. The molecule has 2 aromatic rings. The van der Waals surface area contributed by atoms with Gasteiger partial charge < -0.3 is 4.74 Å². The molecule has 1 atom stereocenters. The van der Waals surface area contributed by atoms with E-state index in [-0.39, 0.29) is 11.9 Å². The number of esters is 1. The fourth-order valence-corrected chi connectivity index (χ4v) is 2.12. The van der Waals surface area contributed by atoms with Gasteiger partial charge in [0.25, 0.3) is 0 Å². The number of carbonyl (C=O) groups excluding carboxylic acids is 1. The van der Waals surface area contributed by atoms with Crippen LogP contribution in [0.4, 0.5) is 0 Å². The van der Waals surface area contributed by atoms with E-state index in [9.17, 15) is 4.79 Å². The molecule has 0 aromatic heterocycles. The Morgan fingerprint density at radius 2 is 1.58 bits per heavy atom. The van der Waals surface area contributed by atoms with Gasteiger partial charge in [0.15, 0.2) is 0 Å². The molecule has 0 heterocycles. The number of hydrogen-bond acceptors (Lipinski definition) is 2. The molecule has 0 N–H and O–H groups in total. The summed E-state index contributed by atoms with van der Waals surface area (Å²) in [7, 11) is 0. The quantitative estimate of drug-likeness (QED) is 0.762. The third-order valence-corrected chi connectivity index (χ3v) is 3.06. The smallest absolute Gasteiger partial charge is 0.313 e. The van der Waals surface area contributed by atoms with E-state index in [1.807, 2.05) is 67.6 Å². The van der Waals surface area contributed by atoms with Gasteiger partial charge in [-0.1, -0.05) is 60.7 Å². The lowest BCUT2D eigenvalue weighted by Crippen LogP contribution is -2.18. The second-order valence-corrected chi connectivity index (χ2v) is 4.41. The van der Waals surface area contributed by atoms with Crippen molar-refractivity contribution in [3.05, 3.63) is 71.8 Å². The van der Waals surface area contributed by atoms with Crippen molar-refractivity contribution >= 4 is 5.97 Å². The van der Waals surface area contributed by atoms with Crippen molar-refractivity contribution < 1.29 is 9.53 Å². The molecular formula is C17H18O2. The zero-order chi connectivity index (χ0) is 13.5. The minimum atomic E-state index is -0.233. The molecule has 98 valence electrons. The van der Waals surface area contributed by atoms with Crippen molar-refractivity contribution in [1.29, 1.82) is 0 Å². The summed E-state index contributed by atoms with van der Waals surface area (Å²) < 4.78 is 5.19. The van der Waals surface area contributed by atoms with E-state index in [2.05, 4.69) is 0 Å². The molecule has 2 aromatic carbocycles. The van der Waals surface area contributed by atoms with Crippen LogP contribution < -0.4 is 0 Å². The van der Waals surface area contributed by atoms with Crippen LogP contribution in [-0.2, 0) is 16.0 Å². The van der Waals surface area contributed by atoms with E-state index in [4.69, 9.17) is 4.74 Å². The molecule has 0 saturated heterocycles. The topological polar surface area (TPSA) is 26.3 Å². The third-order valence-electron chi connectivity index (χ3n) is 3.06. The Hall–Kier alpha value is -2.09. The number of hydrogen-bond donors (Lipinski definition) is 0. The first-order chi connectivity index (χ1) is 9.31. The molecule has 2 nitrogen and oxygen atoms in total. The molecule has 0 bridgehead atoms. The second kappa shape index (κ2) is 6.74. The molecule has 0 fully saturated rings. The molecule has 0 aliphatic carbocycles. The molecule has 0 spiro atoms. The van der Waals surface area contributed by atoms with E-state index >= 15 is 0 Å². The summed E-state index contributed by atoms with van der Waals surface area (Å²) in [5, 5.41) is 0. The zero-order valence-corrected chi connectivity index (χ0v) is 11.1. The van der Waals surface area contributed by atoms with Crippen molar-refractivity contribution in [3.63, 3.8) is 0 Å². The first kappa shape index (κ1) is 13.3. The second-order valence-electron chi connectivity index (χ2n) is 4.41. The Morgan fingerprint density at radius 3 is 2.16 bits per heavy atom. The fraction of sp³-hybridized carbons (Fsp3) is 0.235. The van der Waals surface area contributed by atoms with Crippen LogP contribution in [-0.4, -0.2) is 12.6 Å². The molecule has 2 heteroatoms. The first-order valence-electron chi connectivity index (χ1n) is 6.56. The third kappa shape index (κ3) is 3.68. The summed E-state index contributed by atoms with van der Waals surface area (Å²) in [6, 6.07) is 19.8. The minimum Gasteiger partial charge on any atom is -0.466 e. The lowest BCUT2D eigenvalue weighted by atomic mass is 9.92. The summed E-state index contributed by atoms with van der Waals surface area (Å²) in [4.78, 5) is 12.1. The van der Waals surface area contributed by atoms with Crippen LogP contribution in [0.3, 0.4) is 0 Å². The summed E-state index contributed by atoms with van der Waals surface area (Å²) >= 11 is 0. The van der Waals surface area contributed by atoms with Crippen LogP contribution in [0.15, 0.2) is 60.7 Å². The van der Waals surface area contributed by atoms with Gasteiger partial charge in [0, 0.05) is 0 Å². The molecule has 19 heavy (non-hydrogen) atoms. The Labute approximate surface area is 114 Å². The number of rotatable bonds is 5. The molecule has 0 amide bonds. The Bertz CT molecular complexity index is 505. The zero-order valence-electron chi connectivity index (χ0n) is 11.1. The maximum atomic E-state index is 12.1. The molecule has 0 aliphatic rings.